The standard InChI is InChI=1S/C21H20N2/c1-23-14-19-13-18(16-9-11-22-12-10-16)7-8-20(19)21(15-23)17-5-3-2-4-6-17/h2-13,21H,14-15H2,1H3. The van der Waals surface area contributed by atoms with E-state index in [0.29, 0.717) is 5.92 Å². The fraction of sp³-hybridized carbons (Fsp3) is 0.190. The SMILES string of the molecule is CN1Cc2cc(-c3ccncc3)ccc2C(c2ccccc2)C1. The van der Waals surface area contributed by atoms with Gasteiger partial charge in [-0.2, -0.15) is 0 Å². The molecule has 1 atom stereocenters. The molecule has 0 saturated heterocycles. The van der Waals surface area contributed by atoms with Gasteiger partial charge >= 0.3 is 0 Å². The highest BCUT2D eigenvalue weighted by Gasteiger charge is 2.24. The van der Waals surface area contributed by atoms with E-state index in [-0.39, 0.29) is 0 Å². The Bertz CT molecular complexity index is 797. The molecule has 0 spiro atoms. The first-order valence-corrected chi connectivity index (χ1v) is 8.08. The van der Waals surface area contributed by atoms with Gasteiger partial charge in [0.05, 0.1) is 0 Å². The fourth-order valence-corrected chi connectivity index (χ4v) is 3.54. The van der Waals surface area contributed by atoms with Gasteiger partial charge in [-0.3, -0.25) is 4.98 Å². The number of fused-ring (bicyclic) bond motifs is 1. The van der Waals surface area contributed by atoms with Crippen molar-refractivity contribution in [2.45, 2.75) is 12.5 Å². The Morgan fingerprint density at radius 3 is 2.48 bits per heavy atom. The number of hydrogen-bond donors (Lipinski definition) is 0. The number of rotatable bonds is 2. The van der Waals surface area contributed by atoms with E-state index in [1.807, 2.05) is 12.4 Å². The van der Waals surface area contributed by atoms with Crippen LogP contribution in [0.5, 0.6) is 0 Å². The van der Waals surface area contributed by atoms with E-state index >= 15 is 0 Å². The smallest absolute Gasteiger partial charge is 0.0273 e. The second-order valence-corrected chi connectivity index (χ2v) is 6.31. The van der Waals surface area contributed by atoms with Gasteiger partial charge in [-0.25, -0.2) is 0 Å². The molecule has 114 valence electrons. The van der Waals surface area contributed by atoms with Crippen molar-refractivity contribution in [3.63, 3.8) is 0 Å². The van der Waals surface area contributed by atoms with Crippen LogP contribution in [0, 0.1) is 0 Å². The molecular weight excluding hydrogens is 280 g/mol. The van der Waals surface area contributed by atoms with E-state index < -0.39 is 0 Å². The normalized spacial score (nSPS) is 17.7. The molecule has 0 saturated carbocycles. The Morgan fingerprint density at radius 2 is 1.70 bits per heavy atom. The van der Waals surface area contributed by atoms with Crippen molar-refractivity contribution in [3.05, 3.63) is 89.7 Å². The van der Waals surface area contributed by atoms with E-state index in [1.54, 1.807) is 0 Å². The van der Waals surface area contributed by atoms with Crippen LogP contribution in [-0.4, -0.2) is 23.5 Å². The summed E-state index contributed by atoms with van der Waals surface area (Å²) in [6.07, 6.45) is 3.71. The number of hydrogen-bond acceptors (Lipinski definition) is 2. The summed E-state index contributed by atoms with van der Waals surface area (Å²) in [6.45, 7) is 2.09. The average molecular weight is 300 g/mol. The molecule has 0 fully saturated rings. The topological polar surface area (TPSA) is 16.1 Å². The lowest BCUT2D eigenvalue weighted by Crippen LogP contribution is -2.30. The molecule has 1 aromatic heterocycles. The van der Waals surface area contributed by atoms with Gasteiger partial charge in [-0.15, -0.1) is 0 Å². The second-order valence-electron chi connectivity index (χ2n) is 6.31. The van der Waals surface area contributed by atoms with Crippen LogP contribution in [0.4, 0.5) is 0 Å². The Hall–Kier alpha value is -2.45. The molecule has 2 nitrogen and oxygen atoms in total. The van der Waals surface area contributed by atoms with Gasteiger partial charge in [-0.1, -0.05) is 42.5 Å². The Labute approximate surface area is 137 Å². The van der Waals surface area contributed by atoms with E-state index in [9.17, 15) is 0 Å². The summed E-state index contributed by atoms with van der Waals surface area (Å²) in [5, 5.41) is 0. The first kappa shape index (κ1) is 14.2. The van der Waals surface area contributed by atoms with Gasteiger partial charge in [-0.05, 0) is 53.1 Å². The lowest BCUT2D eigenvalue weighted by Gasteiger charge is -2.33. The molecule has 0 amide bonds. The molecule has 0 aliphatic carbocycles. The van der Waals surface area contributed by atoms with Crippen molar-refractivity contribution < 1.29 is 0 Å². The largest absolute Gasteiger partial charge is 0.301 e. The number of pyridine rings is 1. The highest BCUT2D eigenvalue weighted by molar-refractivity contribution is 5.65. The predicted molar refractivity (Wildman–Crippen MR) is 94.3 cm³/mol. The van der Waals surface area contributed by atoms with Crippen LogP contribution in [0.1, 0.15) is 22.6 Å². The highest BCUT2D eigenvalue weighted by Crippen LogP contribution is 2.35. The molecule has 2 heteroatoms. The molecule has 0 bridgehead atoms. The highest BCUT2D eigenvalue weighted by atomic mass is 15.1. The maximum atomic E-state index is 4.11. The molecule has 3 aromatic rings. The summed E-state index contributed by atoms with van der Waals surface area (Å²) in [4.78, 5) is 6.53. The van der Waals surface area contributed by atoms with Gasteiger partial charge < -0.3 is 4.90 Å². The van der Waals surface area contributed by atoms with Crippen molar-refractivity contribution in [2.24, 2.45) is 0 Å². The van der Waals surface area contributed by atoms with E-state index in [4.69, 9.17) is 0 Å². The number of aromatic nitrogens is 1. The zero-order valence-corrected chi connectivity index (χ0v) is 13.3. The zero-order chi connectivity index (χ0) is 15.6. The van der Waals surface area contributed by atoms with Crippen molar-refractivity contribution >= 4 is 0 Å². The van der Waals surface area contributed by atoms with E-state index in [1.165, 1.54) is 27.8 Å². The number of benzene rings is 2. The Morgan fingerprint density at radius 1 is 0.913 bits per heavy atom. The second kappa shape index (κ2) is 5.98. The zero-order valence-electron chi connectivity index (χ0n) is 13.3. The van der Waals surface area contributed by atoms with Crippen molar-refractivity contribution in [2.75, 3.05) is 13.6 Å². The van der Waals surface area contributed by atoms with Gasteiger partial charge in [0.25, 0.3) is 0 Å². The molecular formula is C21H20N2. The molecule has 2 heterocycles. The van der Waals surface area contributed by atoms with Gasteiger partial charge in [0.2, 0.25) is 0 Å². The third-order valence-corrected chi connectivity index (χ3v) is 4.67. The maximum Gasteiger partial charge on any atom is 0.0273 e. The van der Waals surface area contributed by atoms with Gasteiger partial charge in [0.1, 0.15) is 0 Å². The summed E-state index contributed by atoms with van der Waals surface area (Å²) in [5.41, 5.74) is 6.80. The molecule has 1 unspecified atom stereocenters. The minimum Gasteiger partial charge on any atom is -0.301 e. The lowest BCUT2D eigenvalue weighted by molar-refractivity contribution is 0.295. The minimum absolute atomic E-state index is 0.455. The van der Waals surface area contributed by atoms with E-state index in [2.05, 4.69) is 77.6 Å². The van der Waals surface area contributed by atoms with Crippen LogP contribution in [0.3, 0.4) is 0 Å². The van der Waals surface area contributed by atoms with Crippen LogP contribution < -0.4 is 0 Å². The Balaban J connectivity index is 1.77. The van der Waals surface area contributed by atoms with Gasteiger partial charge in [0, 0.05) is 31.4 Å². The van der Waals surface area contributed by atoms with Crippen LogP contribution in [0.15, 0.2) is 73.1 Å². The minimum atomic E-state index is 0.455. The monoisotopic (exact) mass is 300 g/mol. The fourth-order valence-electron chi connectivity index (χ4n) is 3.54. The molecule has 1 aliphatic rings. The Kier molecular flexibility index (Phi) is 3.68. The predicted octanol–water partition coefficient (Wildman–Crippen LogP) is 4.33. The lowest BCUT2D eigenvalue weighted by atomic mass is 9.83. The third-order valence-electron chi connectivity index (χ3n) is 4.67. The van der Waals surface area contributed by atoms with Crippen LogP contribution >= 0.6 is 0 Å². The van der Waals surface area contributed by atoms with Crippen LogP contribution in [0.2, 0.25) is 0 Å². The summed E-state index contributed by atoms with van der Waals surface area (Å²) in [5.74, 6) is 0.455. The summed E-state index contributed by atoms with van der Waals surface area (Å²) >= 11 is 0. The molecule has 1 aliphatic heterocycles. The van der Waals surface area contributed by atoms with E-state index in [0.717, 1.165) is 13.1 Å². The van der Waals surface area contributed by atoms with Crippen molar-refractivity contribution in [1.82, 2.24) is 9.88 Å². The van der Waals surface area contributed by atoms with Crippen LogP contribution in [0.25, 0.3) is 11.1 Å². The first-order chi connectivity index (χ1) is 11.3. The van der Waals surface area contributed by atoms with Crippen molar-refractivity contribution in [1.29, 1.82) is 0 Å². The summed E-state index contributed by atoms with van der Waals surface area (Å²) in [6, 6.07) is 21.9. The van der Waals surface area contributed by atoms with Gasteiger partial charge in [0.15, 0.2) is 0 Å². The van der Waals surface area contributed by atoms with Crippen molar-refractivity contribution in [3.8, 4) is 11.1 Å². The maximum absolute atomic E-state index is 4.11. The molecule has 0 radical (unpaired) electrons. The average Bonchev–Trinajstić information content (AvgIpc) is 2.62. The molecule has 23 heavy (non-hydrogen) atoms. The van der Waals surface area contributed by atoms with Crippen LogP contribution in [-0.2, 0) is 6.54 Å². The molecule has 4 rings (SSSR count). The third kappa shape index (κ3) is 2.78. The quantitative estimate of drug-likeness (QED) is 0.700. The summed E-state index contributed by atoms with van der Waals surface area (Å²) < 4.78 is 0. The number of likely N-dealkylation sites (N-methyl/N-ethyl adjacent to an activating group) is 1. The molecule has 0 N–H and O–H groups in total. The summed E-state index contributed by atoms with van der Waals surface area (Å²) in [7, 11) is 2.21. The number of nitrogens with zero attached hydrogens (tertiary/aromatic N) is 2. The molecule has 2 aromatic carbocycles. The first-order valence-electron chi connectivity index (χ1n) is 8.08.